The first-order valence-corrected chi connectivity index (χ1v) is 9.04. The summed E-state index contributed by atoms with van der Waals surface area (Å²) in [5.41, 5.74) is 2.27. The molecule has 0 aliphatic heterocycles. The molecule has 0 spiro atoms. The first kappa shape index (κ1) is 15.0. The summed E-state index contributed by atoms with van der Waals surface area (Å²) in [6.45, 7) is 0. The molecule has 0 atom stereocenters. The van der Waals surface area contributed by atoms with Crippen molar-refractivity contribution in [1.82, 2.24) is 0 Å². The average molecular weight is 309 g/mol. The van der Waals surface area contributed by atoms with Crippen LogP contribution < -0.4 is 4.90 Å². The van der Waals surface area contributed by atoms with E-state index in [0.29, 0.717) is 5.41 Å². The van der Waals surface area contributed by atoms with Crippen molar-refractivity contribution in [1.29, 1.82) is 0 Å². The van der Waals surface area contributed by atoms with E-state index >= 15 is 0 Å². The molecule has 23 heavy (non-hydrogen) atoms. The van der Waals surface area contributed by atoms with Gasteiger partial charge in [-0.05, 0) is 92.0 Å². The van der Waals surface area contributed by atoms with E-state index in [1.165, 1.54) is 38.5 Å². The second-order valence-electron chi connectivity index (χ2n) is 8.42. The van der Waals surface area contributed by atoms with Gasteiger partial charge < -0.3 is 4.90 Å². The minimum atomic E-state index is 0.158. The number of nitrogens with zero attached hydrogens (tertiary/aromatic N) is 1. The van der Waals surface area contributed by atoms with Crippen molar-refractivity contribution in [3.8, 4) is 0 Å². The summed E-state index contributed by atoms with van der Waals surface area (Å²) in [5.74, 6) is 2.95. The Hall–Kier alpha value is -1.57. The largest absolute Gasteiger partial charge is 0.378 e. The van der Waals surface area contributed by atoms with Crippen molar-refractivity contribution < 1.29 is 4.79 Å². The molecule has 2 heteroatoms. The fourth-order valence-electron chi connectivity index (χ4n) is 5.65. The predicted octanol–water partition coefficient (Wildman–Crippen LogP) is 4.71. The Morgan fingerprint density at radius 2 is 1.52 bits per heavy atom. The maximum absolute atomic E-state index is 12.5. The highest BCUT2D eigenvalue weighted by Crippen LogP contribution is 2.60. The highest BCUT2D eigenvalue weighted by atomic mass is 16.1. The maximum atomic E-state index is 12.5. The Morgan fingerprint density at radius 1 is 1.00 bits per heavy atom. The summed E-state index contributed by atoms with van der Waals surface area (Å²) in [5, 5.41) is 0. The third-order valence-corrected chi connectivity index (χ3v) is 6.34. The minimum absolute atomic E-state index is 0.158. The molecule has 122 valence electrons. The van der Waals surface area contributed by atoms with Crippen molar-refractivity contribution in [2.75, 3.05) is 19.0 Å². The summed E-state index contributed by atoms with van der Waals surface area (Å²) in [6, 6.07) is 7.93. The summed E-state index contributed by atoms with van der Waals surface area (Å²) in [6.07, 6.45) is 12.5. The second kappa shape index (κ2) is 5.51. The fraction of sp³-hybridized carbons (Fsp3) is 0.571. The molecule has 0 heterocycles. The molecule has 0 N–H and O–H groups in total. The van der Waals surface area contributed by atoms with Gasteiger partial charge in [-0.1, -0.05) is 6.08 Å². The van der Waals surface area contributed by atoms with Crippen molar-refractivity contribution >= 4 is 11.5 Å². The third kappa shape index (κ3) is 2.84. The van der Waals surface area contributed by atoms with Gasteiger partial charge in [-0.2, -0.15) is 0 Å². The van der Waals surface area contributed by atoms with Crippen LogP contribution in [-0.2, 0) is 0 Å². The quantitative estimate of drug-likeness (QED) is 0.593. The molecular weight excluding hydrogens is 282 g/mol. The van der Waals surface area contributed by atoms with Gasteiger partial charge in [-0.25, -0.2) is 0 Å². The fourth-order valence-corrected chi connectivity index (χ4v) is 5.65. The summed E-state index contributed by atoms with van der Waals surface area (Å²) in [4.78, 5) is 14.6. The first-order chi connectivity index (χ1) is 11.0. The molecule has 2 nitrogen and oxygen atoms in total. The number of ketones is 1. The zero-order valence-corrected chi connectivity index (χ0v) is 14.3. The van der Waals surface area contributed by atoms with E-state index in [2.05, 4.69) is 11.0 Å². The van der Waals surface area contributed by atoms with Crippen molar-refractivity contribution in [2.24, 2.45) is 23.2 Å². The zero-order valence-electron chi connectivity index (χ0n) is 14.3. The van der Waals surface area contributed by atoms with Gasteiger partial charge in [-0.3, -0.25) is 4.79 Å². The maximum Gasteiger partial charge on any atom is 0.185 e. The van der Waals surface area contributed by atoms with Crippen LogP contribution in [0.15, 0.2) is 36.4 Å². The summed E-state index contributed by atoms with van der Waals surface area (Å²) in [7, 11) is 4.04. The van der Waals surface area contributed by atoms with Crippen LogP contribution >= 0.6 is 0 Å². The number of anilines is 1. The summed E-state index contributed by atoms with van der Waals surface area (Å²) < 4.78 is 0. The van der Waals surface area contributed by atoms with Gasteiger partial charge in [0.2, 0.25) is 0 Å². The molecule has 1 aromatic rings. The molecule has 0 radical (unpaired) electrons. The lowest BCUT2D eigenvalue weighted by atomic mass is 9.49. The highest BCUT2D eigenvalue weighted by Gasteiger charge is 2.49. The molecule has 4 aliphatic rings. The molecule has 4 aliphatic carbocycles. The highest BCUT2D eigenvalue weighted by molar-refractivity contribution is 6.04. The van der Waals surface area contributed by atoms with Gasteiger partial charge >= 0.3 is 0 Å². The number of carbonyl (C=O) groups excluding carboxylic acids is 1. The van der Waals surface area contributed by atoms with E-state index in [4.69, 9.17) is 0 Å². The lowest BCUT2D eigenvalue weighted by Gasteiger charge is -2.55. The van der Waals surface area contributed by atoms with Gasteiger partial charge in [0.05, 0.1) is 0 Å². The topological polar surface area (TPSA) is 20.3 Å². The standard InChI is InChI=1S/C21H27NO/c1-22(2)19-5-3-18(4-6-19)20(23)7-8-21-12-15-9-16(13-21)11-17(10-15)14-21/h3-8,15-17H,9-14H2,1-2H3. The van der Waals surface area contributed by atoms with E-state index in [0.717, 1.165) is 29.0 Å². The van der Waals surface area contributed by atoms with E-state index in [9.17, 15) is 4.79 Å². The number of carbonyl (C=O) groups is 1. The van der Waals surface area contributed by atoms with Gasteiger partial charge in [0.25, 0.3) is 0 Å². The van der Waals surface area contributed by atoms with Crippen molar-refractivity contribution in [3.63, 3.8) is 0 Å². The van der Waals surface area contributed by atoms with E-state index in [1.807, 2.05) is 44.4 Å². The van der Waals surface area contributed by atoms with E-state index in [-0.39, 0.29) is 5.78 Å². The molecule has 5 rings (SSSR count). The third-order valence-electron chi connectivity index (χ3n) is 6.34. The van der Waals surface area contributed by atoms with Crippen LogP contribution in [0.2, 0.25) is 0 Å². The molecule has 4 fully saturated rings. The Balaban J connectivity index is 1.49. The van der Waals surface area contributed by atoms with Gasteiger partial charge in [0, 0.05) is 25.3 Å². The minimum Gasteiger partial charge on any atom is -0.378 e. The Kier molecular flexibility index (Phi) is 3.59. The molecular formula is C21H27NO. The Morgan fingerprint density at radius 3 is 2.00 bits per heavy atom. The van der Waals surface area contributed by atoms with Crippen LogP contribution in [0.5, 0.6) is 0 Å². The van der Waals surface area contributed by atoms with Crippen LogP contribution in [0.4, 0.5) is 5.69 Å². The van der Waals surface area contributed by atoms with Crippen LogP contribution in [0.25, 0.3) is 0 Å². The van der Waals surface area contributed by atoms with Crippen LogP contribution in [0.1, 0.15) is 48.9 Å². The number of hydrogen-bond donors (Lipinski definition) is 0. The lowest BCUT2D eigenvalue weighted by molar-refractivity contribution is -0.0238. The monoisotopic (exact) mass is 309 g/mol. The molecule has 1 aromatic carbocycles. The van der Waals surface area contributed by atoms with E-state index < -0.39 is 0 Å². The Bertz CT molecular complexity index is 590. The molecule has 0 amide bonds. The van der Waals surface area contributed by atoms with Gasteiger partial charge in [0.1, 0.15) is 0 Å². The SMILES string of the molecule is CN(C)c1ccc(C(=O)C=CC23CC4CC(CC(C4)C2)C3)cc1. The Labute approximate surface area is 139 Å². The molecule has 0 saturated heterocycles. The van der Waals surface area contributed by atoms with Crippen LogP contribution in [0.3, 0.4) is 0 Å². The molecule has 4 bridgehead atoms. The molecule has 0 aromatic heterocycles. The summed E-state index contributed by atoms with van der Waals surface area (Å²) >= 11 is 0. The first-order valence-electron chi connectivity index (χ1n) is 9.04. The lowest BCUT2D eigenvalue weighted by Crippen LogP contribution is -2.45. The van der Waals surface area contributed by atoms with Crippen molar-refractivity contribution in [2.45, 2.75) is 38.5 Å². The number of allylic oxidation sites excluding steroid dienone is 2. The second-order valence-corrected chi connectivity index (χ2v) is 8.42. The predicted molar refractivity (Wildman–Crippen MR) is 94.8 cm³/mol. The number of benzene rings is 1. The number of rotatable bonds is 4. The molecule has 4 saturated carbocycles. The van der Waals surface area contributed by atoms with Crippen molar-refractivity contribution in [3.05, 3.63) is 42.0 Å². The number of hydrogen-bond acceptors (Lipinski definition) is 2. The molecule has 0 unspecified atom stereocenters. The zero-order chi connectivity index (χ0) is 16.0. The van der Waals surface area contributed by atoms with Crippen LogP contribution in [-0.4, -0.2) is 19.9 Å². The van der Waals surface area contributed by atoms with E-state index in [1.54, 1.807) is 0 Å². The van der Waals surface area contributed by atoms with Gasteiger partial charge in [0.15, 0.2) is 5.78 Å². The normalized spacial score (nSPS) is 35.0. The smallest absolute Gasteiger partial charge is 0.185 e. The van der Waals surface area contributed by atoms with Crippen LogP contribution in [0, 0.1) is 23.2 Å². The average Bonchev–Trinajstić information content (AvgIpc) is 2.51. The van der Waals surface area contributed by atoms with Gasteiger partial charge in [-0.15, -0.1) is 0 Å².